The molecule has 26 heavy (non-hydrogen) atoms. The summed E-state index contributed by atoms with van der Waals surface area (Å²) in [4.78, 5) is 16.3. The highest BCUT2D eigenvalue weighted by Crippen LogP contribution is 2.22. The molecular weight excluding hydrogens is 338 g/mol. The van der Waals surface area contributed by atoms with Gasteiger partial charge in [-0.3, -0.25) is 9.79 Å². The van der Waals surface area contributed by atoms with E-state index in [0.29, 0.717) is 18.2 Å². The first kappa shape index (κ1) is 25.1. The molecule has 0 heterocycles. The summed E-state index contributed by atoms with van der Waals surface area (Å²) < 4.78 is 0. The quantitative estimate of drug-likeness (QED) is 0.223. The number of aliphatic hydroxyl groups is 5. The van der Waals surface area contributed by atoms with Crippen LogP contribution in [-0.4, -0.2) is 75.1 Å². The highest BCUT2D eigenvalue weighted by Gasteiger charge is 2.29. The third kappa shape index (κ3) is 9.73. The van der Waals surface area contributed by atoms with E-state index in [4.69, 9.17) is 5.11 Å². The lowest BCUT2D eigenvalue weighted by atomic mass is 9.84. The number of hydrogen-bond acceptors (Lipinski definition) is 7. The predicted octanol–water partition coefficient (Wildman–Crippen LogP) is 0.551. The number of Topliss-reactive ketones (excluding diaryl/α,β-unsaturated/α-hetero) is 1. The van der Waals surface area contributed by atoms with Crippen LogP contribution in [-0.2, 0) is 4.79 Å². The molecule has 154 valence electrons. The Balaban J connectivity index is 4.26. The van der Waals surface area contributed by atoms with E-state index in [1.54, 1.807) is 0 Å². The number of carbonyl (C=O) groups is 1. The van der Waals surface area contributed by atoms with Gasteiger partial charge in [0, 0.05) is 24.6 Å². The summed E-state index contributed by atoms with van der Waals surface area (Å²) in [5.74, 6) is 0.880. The lowest BCUT2D eigenvalue weighted by Crippen LogP contribution is -2.46. The Morgan fingerprint density at radius 3 is 2.12 bits per heavy atom. The van der Waals surface area contributed by atoms with E-state index in [2.05, 4.69) is 18.8 Å². The minimum atomic E-state index is -1.65. The van der Waals surface area contributed by atoms with Crippen molar-refractivity contribution in [2.75, 3.05) is 13.2 Å². The van der Waals surface area contributed by atoms with Crippen LogP contribution in [0.15, 0.2) is 4.99 Å². The molecule has 0 aromatic heterocycles. The van der Waals surface area contributed by atoms with Crippen molar-refractivity contribution in [1.82, 2.24) is 0 Å². The number of unbranched alkanes of at least 4 members (excludes halogenated alkanes) is 1. The fraction of sp³-hybridized carbons (Fsp3) is 0.895. The van der Waals surface area contributed by atoms with E-state index in [0.717, 1.165) is 31.9 Å². The highest BCUT2D eigenvalue weighted by molar-refractivity contribution is 5.82. The zero-order valence-corrected chi connectivity index (χ0v) is 16.5. The van der Waals surface area contributed by atoms with E-state index >= 15 is 0 Å². The van der Waals surface area contributed by atoms with Gasteiger partial charge in [-0.25, -0.2) is 0 Å². The molecule has 0 saturated heterocycles. The van der Waals surface area contributed by atoms with Crippen LogP contribution in [0.4, 0.5) is 0 Å². The van der Waals surface area contributed by atoms with Crippen LogP contribution in [0.1, 0.15) is 53.4 Å². The van der Waals surface area contributed by atoms with Gasteiger partial charge in [-0.15, -0.1) is 0 Å². The van der Waals surface area contributed by atoms with Crippen molar-refractivity contribution in [2.45, 2.75) is 77.8 Å². The standard InChI is InChI=1S/C19H37NO6/c1-12(2)9-14(17(24)13(3)4)7-5-6-8-20-10-15(22)18(25)19(26)16(23)11-21/h10,12-16,18-19,21-23,25-26H,5-9,11H2,1-4H3. The van der Waals surface area contributed by atoms with Gasteiger partial charge in [0.25, 0.3) is 0 Å². The zero-order valence-electron chi connectivity index (χ0n) is 16.5. The smallest absolute Gasteiger partial charge is 0.138 e. The molecule has 0 rings (SSSR count). The van der Waals surface area contributed by atoms with Crippen LogP contribution in [0.5, 0.6) is 0 Å². The third-order valence-electron chi connectivity index (χ3n) is 4.36. The largest absolute Gasteiger partial charge is 0.394 e. The summed E-state index contributed by atoms with van der Waals surface area (Å²) in [6.07, 6.45) is -1.80. The fourth-order valence-electron chi connectivity index (χ4n) is 2.82. The Morgan fingerprint density at radius 1 is 1.00 bits per heavy atom. The van der Waals surface area contributed by atoms with Crippen molar-refractivity contribution >= 4 is 12.0 Å². The van der Waals surface area contributed by atoms with Crippen molar-refractivity contribution < 1.29 is 30.3 Å². The maximum absolute atomic E-state index is 12.3. The Bertz CT molecular complexity index is 413. The van der Waals surface area contributed by atoms with Gasteiger partial charge in [0.05, 0.1) is 6.61 Å². The molecule has 0 fully saturated rings. The molecule has 5 N–H and O–H groups in total. The molecule has 0 aromatic carbocycles. The first-order valence-electron chi connectivity index (χ1n) is 9.48. The SMILES string of the molecule is CC(C)CC(CCCCN=CC(O)C(O)C(O)C(O)CO)C(=O)C(C)C. The molecular formula is C19H37NO6. The molecule has 0 aromatic rings. The molecule has 0 saturated carbocycles. The Labute approximate surface area is 156 Å². The maximum Gasteiger partial charge on any atom is 0.138 e. The minimum Gasteiger partial charge on any atom is -0.394 e. The number of carbonyl (C=O) groups excluding carboxylic acids is 1. The van der Waals surface area contributed by atoms with Gasteiger partial charge in [0.1, 0.15) is 30.2 Å². The average Bonchev–Trinajstić information content (AvgIpc) is 2.59. The lowest BCUT2D eigenvalue weighted by molar-refractivity contribution is -0.126. The number of aliphatic imine (C=N–C) groups is 1. The first-order chi connectivity index (χ1) is 12.1. The Kier molecular flexibility index (Phi) is 12.9. The van der Waals surface area contributed by atoms with Crippen molar-refractivity contribution in [2.24, 2.45) is 22.7 Å². The molecule has 0 aliphatic heterocycles. The Morgan fingerprint density at radius 2 is 1.62 bits per heavy atom. The van der Waals surface area contributed by atoms with Gasteiger partial charge >= 0.3 is 0 Å². The van der Waals surface area contributed by atoms with E-state index < -0.39 is 31.0 Å². The van der Waals surface area contributed by atoms with Crippen molar-refractivity contribution in [3.8, 4) is 0 Å². The number of rotatable bonds is 14. The number of hydrogen-bond donors (Lipinski definition) is 5. The number of aliphatic hydroxyl groups excluding tert-OH is 5. The molecule has 0 amide bonds. The van der Waals surface area contributed by atoms with Crippen molar-refractivity contribution in [3.63, 3.8) is 0 Å². The van der Waals surface area contributed by atoms with Crippen LogP contribution < -0.4 is 0 Å². The number of nitrogens with zero attached hydrogens (tertiary/aromatic N) is 1. The fourth-order valence-corrected chi connectivity index (χ4v) is 2.82. The van der Waals surface area contributed by atoms with Crippen molar-refractivity contribution in [3.05, 3.63) is 0 Å². The third-order valence-corrected chi connectivity index (χ3v) is 4.36. The van der Waals surface area contributed by atoms with Gasteiger partial charge in [-0.05, 0) is 25.2 Å². The molecule has 7 nitrogen and oxygen atoms in total. The topological polar surface area (TPSA) is 131 Å². The Hall–Kier alpha value is -0.860. The van der Waals surface area contributed by atoms with Crippen LogP contribution >= 0.6 is 0 Å². The molecule has 0 aliphatic carbocycles. The molecule has 5 atom stereocenters. The van der Waals surface area contributed by atoms with E-state index in [-0.39, 0.29) is 11.8 Å². The summed E-state index contributed by atoms with van der Waals surface area (Å²) in [5.41, 5.74) is 0. The summed E-state index contributed by atoms with van der Waals surface area (Å²) in [5, 5.41) is 46.9. The van der Waals surface area contributed by atoms with Gasteiger partial charge < -0.3 is 25.5 Å². The first-order valence-corrected chi connectivity index (χ1v) is 9.48. The van der Waals surface area contributed by atoms with Crippen LogP contribution in [0.2, 0.25) is 0 Å². The maximum atomic E-state index is 12.3. The second kappa shape index (κ2) is 13.3. The van der Waals surface area contributed by atoms with Gasteiger partial charge in [-0.2, -0.15) is 0 Å². The summed E-state index contributed by atoms with van der Waals surface area (Å²) in [6.45, 7) is 7.80. The average molecular weight is 376 g/mol. The zero-order chi connectivity index (χ0) is 20.3. The van der Waals surface area contributed by atoms with E-state index in [1.165, 1.54) is 0 Å². The molecule has 5 unspecified atom stereocenters. The summed E-state index contributed by atoms with van der Waals surface area (Å²) in [6, 6.07) is 0. The second-order valence-electron chi connectivity index (χ2n) is 7.66. The lowest BCUT2D eigenvalue weighted by Gasteiger charge is -2.23. The summed E-state index contributed by atoms with van der Waals surface area (Å²) in [7, 11) is 0. The normalized spacial score (nSPS) is 18.3. The molecule has 7 heteroatoms. The minimum absolute atomic E-state index is 0.0362. The van der Waals surface area contributed by atoms with Gasteiger partial charge in [-0.1, -0.05) is 34.1 Å². The molecule has 0 spiro atoms. The van der Waals surface area contributed by atoms with Gasteiger partial charge in [0.2, 0.25) is 0 Å². The monoisotopic (exact) mass is 375 g/mol. The van der Waals surface area contributed by atoms with Crippen LogP contribution in [0, 0.1) is 17.8 Å². The van der Waals surface area contributed by atoms with Crippen molar-refractivity contribution in [1.29, 1.82) is 0 Å². The van der Waals surface area contributed by atoms with E-state index in [1.807, 2.05) is 13.8 Å². The summed E-state index contributed by atoms with van der Waals surface area (Å²) >= 11 is 0. The molecule has 0 radical (unpaired) electrons. The van der Waals surface area contributed by atoms with Gasteiger partial charge in [0.15, 0.2) is 0 Å². The number of ketones is 1. The van der Waals surface area contributed by atoms with E-state index in [9.17, 15) is 25.2 Å². The van der Waals surface area contributed by atoms with Crippen LogP contribution in [0.25, 0.3) is 0 Å². The second-order valence-corrected chi connectivity index (χ2v) is 7.66. The predicted molar refractivity (Wildman–Crippen MR) is 101 cm³/mol. The highest BCUT2D eigenvalue weighted by atomic mass is 16.4. The molecule has 0 aliphatic rings. The molecule has 0 bridgehead atoms. The van der Waals surface area contributed by atoms with Crippen LogP contribution in [0.3, 0.4) is 0 Å².